The molecule has 0 unspecified atom stereocenters. The van der Waals surface area contributed by atoms with E-state index in [1.807, 2.05) is 0 Å². The van der Waals surface area contributed by atoms with Crippen molar-refractivity contribution in [2.45, 2.75) is 0 Å². The highest BCUT2D eigenvalue weighted by atomic mass is 32.2. The number of nitrogens with one attached hydrogen (secondary N) is 2. The Kier molecular flexibility index (Phi) is 6.35. The summed E-state index contributed by atoms with van der Waals surface area (Å²) >= 11 is 0.932. The second-order valence-corrected chi connectivity index (χ2v) is 5.99. The molecule has 134 valence electrons. The van der Waals surface area contributed by atoms with Gasteiger partial charge in [-0.05, 0) is 24.3 Å². The zero-order valence-corrected chi connectivity index (χ0v) is 14.2. The number of carboxylic acids is 1. The highest BCUT2D eigenvalue weighted by molar-refractivity contribution is 8.14. The molecule has 3 amide bonds. The molecule has 0 radical (unpaired) electrons. The van der Waals surface area contributed by atoms with E-state index in [4.69, 9.17) is 10.4 Å². The van der Waals surface area contributed by atoms with Crippen LogP contribution in [0.2, 0.25) is 0 Å². The first-order chi connectivity index (χ1) is 12.4. The van der Waals surface area contributed by atoms with Gasteiger partial charge in [0.15, 0.2) is 0 Å². The van der Waals surface area contributed by atoms with Crippen LogP contribution >= 0.6 is 11.8 Å². The third-order valence-corrected chi connectivity index (χ3v) is 4.18. The van der Waals surface area contributed by atoms with Crippen molar-refractivity contribution >= 4 is 40.5 Å². The Morgan fingerprint density at radius 1 is 1.31 bits per heavy atom. The van der Waals surface area contributed by atoms with Crippen molar-refractivity contribution in [3.05, 3.63) is 41.6 Å². The van der Waals surface area contributed by atoms with Crippen LogP contribution in [0, 0.1) is 11.3 Å². The lowest BCUT2D eigenvalue weighted by Crippen LogP contribution is -2.34. The van der Waals surface area contributed by atoms with Crippen LogP contribution < -0.4 is 10.6 Å². The van der Waals surface area contributed by atoms with Gasteiger partial charge in [0.25, 0.3) is 11.1 Å². The molecular formula is C16H14N4O5S. The first-order valence-electron chi connectivity index (χ1n) is 7.38. The highest BCUT2D eigenvalue weighted by Crippen LogP contribution is 2.17. The molecule has 1 aliphatic rings. The van der Waals surface area contributed by atoms with Crippen molar-refractivity contribution in [1.82, 2.24) is 10.2 Å². The van der Waals surface area contributed by atoms with Crippen molar-refractivity contribution in [2.24, 2.45) is 0 Å². The van der Waals surface area contributed by atoms with Crippen LogP contribution in [0.5, 0.6) is 0 Å². The standard InChI is InChI=1S/C16H14N4O5S/c17-7-11(8-18-5-6-20-13(21)9-26-16(20)25)14(22)19-12-3-1-10(2-4-12)15(23)24/h1-4,8,18H,5-6,9H2,(H,19,22)(H,23,24)/b11-8-. The SMILES string of the molecule is N#C/C(=C/NCCN1C(=O)CSC1=O)C(=O)Nc1ccc(C(=O)O)cc1. The number of nitriles is 1. The minimum Gasteiger partial charge on any atom is -0.478 e. The van der Waals surface area contributed by atoms with Crippen LogP contribution in [0.25, 0.3) is 0 Å². The van der Waals surface area contributed by atoms with Crippen LogP contribution in [0.15, 0.2) is 36.0 Å². The molecule has 1 heterocycles. The maximum absolute atomic E-state index is 12.0. The second-order valence-electron chi connectivity index (χ2n) is 5.06. The minimum absolute atomic E-state index is 0.0740. The number of carbonyl (C=O) groups is 4. The number of imide groups is 1. The van der Waals surface area contributed by atoms with Crippen molar-refractivity contribution in [2.75, 3.05) is 24.2 Å². The maximum atomic E-state index is 12.0. The molecule has 26 heavy (non-hydrogen) atoms. The van der Waals surface area contributed by atoms with E-state index in [-0.39, 0.29) is 41.1 Å². The fourth-order valence-corrected chi connectivity index (χ4v) is 2.74. The molecular weight excluding hydrogens is 360 g/mol. The van der Waals surface area contributed by atoms with Gasteiger partial charge in [-0.1, -0.05) is 11.8 Å². The Balaban J connectivity index is 1.88. The van der Waals surface area contributed by atoms with E-state index in [2.05, 4.69) is 10.6 Å². The van der Waals surface area contributed by atoms with Crippen molar-refractivity contribution in [3.8, 4) is 6.07 Å². The average Bonchev–Trinajstić information content (AvgIpc) is 2.93. The lowest BCUT2D eigenvalue weighted by molar-refractivity contribution is -0.124. The maximum Gasteiger partial charge on any atom is 0.335 e. The zero-order valence-electron chi connectivity index (χ0n) is 13.4. The second kappa shape index (κ2) is 8.68. The summed E-state index contributed by atoms with van der Waals surface area (Å²) in [5.41, 5.74) is 0.206. The summed E-state index contributed by atoms with van der Waals surface area (Å²) in [7, 11) is 0. The number of aromatic carboxylic acids is 1. The Morgan fingerprint density at radius 3 is 2.54 bits per heavy atom. The van der Waals surface area contributed by atoms with Crippen LogP contribution in [-0.4, -0.2) is 51.9 Å². The Hall–Kier alpha value is -3.32. The molecule has 1 aliphatic heterocycles. The third kappa shape index (κ3) is 4.84. The van der Waals surface area contributed by atoms with Crippen molar-refractivity contribution in [3.63, 3.8) is 0 Å². The summed E-state index contributed by atoms with van der Waals surface area (Å²) in [6.45, 7) is 0.335. The van der Waals surface area contributed by atoms with Crippen LogP contribution in [-0.2, 0) is 9.59 Å². The molecule has 1 saturated heterocycles. The van der Waals surface area contributed by atoms with Gasteiger partial charge in [-0.3, -0.25) is 19.3 Å². The zero-order chi connectivity index (χ0) is 19.1. The summed E-state index contributed by atoms with van der Waals surface area (Å²) in [4.78, 5) is 46.8. The van der Waals surface area contributed by atoms with E-state index in [1.165, 1.54) is 30.5 Å². The van der Waals surface area contributed by atoms with Gasteiger partial charge < -0.3 is 15.7 Å². The number of hydrogen-bond donors (Lipinski definition) is 3. The fourth-order valence-electron chi connectivity index (χ4n) is 1.99. The lowest BCUT2D eigenvalue weighted by Gasteiger charge is -2.12. The molecule has 10 heteroatoms. The number of nitrogens with zero attached hydrogens (tertiary/aromatic N) is 2. The van der Waals surface area contributed by atoms with Crippen molar-refractivity contribution in [1.29, 1.82) is 5.26 Å². The number of anilines is 1. The topological polar surface area (TPSA) is 140 Å². The monoisotopic (exact) mass is 374 g/mol. The van der Waals surface area contributed by atoms with E-state index in [1.54, 1.807) is 6.07 Å². The molecule has 0 spiro atoms. The molecule has 0 aliphatic carbocycles. The number of benzene rings is 1. The fraction of sp³-hybridized carbons (Fsp3) is 0.188. The van der Waals surface area contributed by atoms with Crippen molar-refractivity contribution < 1.29 is 24.3 Å². The largest absolute Gasteiger partial charge is 0.478 e. The minimum atomic E-state index is -1.09. The predicted octanol–water partition coefficient (Wildman–Crippen LogP) is 1.02. The van der Waals surface area contributed by atoms with E-state index in [0.29, 0.717) is 5.69 Å². The molecule has 0 aromatic heterocycles. The molecule has 9 nitrogen and oxygen atoms in total. The third-order valence-electron chi connectivity index (χ3n) is 3.32. The van der Waals surface area contributed by atoms with Gasteiger partial charge in [-0.25, -0.2) is 4.79 Å². The Bertz CT molecular complexity index is 797. The van der Waals surface area contributed by atoms with E-state index in [0.717, 1.165) is 16.7 Å². The number of amides is 3. The number of rotatable bonds is 7. The molecule has 0 bridgehead atoms. The smallest absolute Gasteiger partial charge is 0.335 e. The number of carboxylic acid groups (broad SMARTS) is 1. The summed E-state index contributed by atoms with van der Waals surface area (Å²) < 4.78 is 0. The normalized spacial score (nSPS) is 14.1. The molecule has 0 saturated carbocycles. The van der Waals surface area contributed by atoms with Gasteiger partial charge >= 0.3 is 5.97 Å². The Labute approximate surface area is 152 Å². The number of carbonyl (C=O) groups excluding carboxylic acids is 3. The van der Waals surface area contributed by atoms with Gasteiger partial charge in [0.2, 0.25) is 5.91 Å². The summed E-state index contributed by atoms with van der Waals surface area (Å²) in [5, 5.41) is 22.8. The first kappa shape index (κ1) is 19.0. The summed E-state index contributed by atoms with van der Waals surface area (Å²) in [6.07, 6.45) is 1.19. The highest BCUT2D eigenvalue weighted by Gasteiger charge is 2.28. The van der Waals surface area contributed by atoms with E-state index in [9.17, 15) is 19.2 Å². The average molecular weight is 374 g/mol. The van der Waals surface area contributed by atoms with Crippen LogP contribution in [0.3, 0.4) is 0 Å². The van der Waals surface area contributed by atoms with E-state index < -0.39 is 11.9 Å². The number of hydrogen-bond acceptors (Lipinski definition) is 7. The molecule has 1 fully saturated rings. The Morgan fingerprint density at radius 2 is 2.00 bits per heavy atom. The quantitative estimate of drug-likeness (QED) is 0.365. The number of thioether (sulfide) groups is 1. The summed E-state index contributed by atoms with van der Waals surface area (Å²) in [6, 6.07) is 7.21. The van der Waals surface area contributed by atoms with Gasteiger partial charge in [0.1, 0.15) is 11.6 Å². The van der Waals surface area contributed by atoms with Gasteiger partial charge in [0, 0.05) is 25.0 Å². The van der Waals surface area contributed by atoms with Crippen LogP contribution in [0.4, 0.5) is 10.5 Å². The molecule has 1 aromatic rings. The summed E-state index contributed by atoms with van der Waals surface area (Å²) in [5.74, 6) is -1.90. The lowest BCUT2D eigenvalue weighted by atomic mass is 10.2. The molecule has 1 aromatic carbocycles. The molecule has 3 N–H and O–H groups in total. The molecule has 2 rings (SSSR count). The predicted molar refractivity (Wildman–Crippen MR) is 93.3 cm³/mol. The van der Waals surface area contributed by atoms with Gasteiger partial charge in [-0.2, -0.15) is 5.26 Å². The van der Waals surface area contributed by atoms with E-state index >= 15 is 0 Å². The molecule has 0 atom stereocenters. The van der Waals surface area contributed by atoms with Gasteiger partial charge in [0.05, 0.1) is 11.3 Å². The van der Waals surface area contributed by atoms with Gasteiger partial charge in [-0.15, -0.1) is 0 Å². The first-order valence-corrected chi connectivity index (χ1v) is 8.36. The van der Waals surface area contributed by atoms with Crippen LogP contribution in [0.1, 0.15) is 10.4 Å².